The summed E-state index contributed by atoms with van der Waals surface area (Å²) in [5.41, 5.74) is 1.55. The Morgan fingerprint density at radius 2 is 2.11 bits per heavy atom. The fourth-order valence-corrected chi connectivity index (χ4v) is 1.82. The molecule has 2 aromatic rings. The molecule has 0 saturated heterocycles. The van der Waals surface area contributed by atoms with Gasteiger partial charge in [0.2, 0.25) is 5.95 Å². The number of aromatic nitrogens is 2. The Morgan fingerprint density at radius 3 is 2.72 bits per heavy atom. The van der Waals surface area contributed by atoms with Gasteiger partial charge < -0.3 is 9.88 Å². The van der Waals surface area contributed by atoms with E-state index in [1.165, 1.54) is 12.1 Å². The Kier molecular flexibility index (Phi) is 3.57. The third kappa shape index (κ3) is 2.64. The molecule has 0 saturated carbocycles. The summed E-state index contributed by atoms with van der Waals surface area (Å²) in [7, 11) is 0. The number of benzene rings is 1. The van der Waals surface area contributed by atoms with Gasteiger partial charge in [-0.25, -0.2) is 9.37 Å². The van der Waals surface area contributed by atoms with Crippen molar-refractivity contribution in [1.82, 2.24) is 9.55 Å². The fourth-order valence-electron chi connectivity index (χ4n) is 1.71. The van der Waals surface area contributed by atoms with Gasteiger partial charge in [0.15, 0.2) is 0 Å². The minimum atomic E-state index is -0.443. The van der Waals surface area contributed by atoms with Crippen molar-refractivity contribution < 1.29 is 4.39 Å². The van der Waals surface area contributed by atoms with Crippen LogP contribution in [0.25, 0.3) is 0 Å². The molecule has 0 amide bonds. The van der Waals surface area contributed by atoms with E-state index in [0.717, 1.165) is 5.69 Å². The van der Waals surface area contributed by atoms with Crippen LogP contribution in [0.3, 0.4) is 0 Å². The maximum absolute atomic E-state index is 13.3. The molecular weight excluding hydrogens is 253 g/mol. The standard InChI is InChI=1S/C13H15ClFN3/c1-8(2)18-7-9(3)16-13(18)17-10-4-5-11(14)12(15)6-10/h4-8H,1-3H3,(H,16,17). The molecule has 18 heavy (non-hydrogen) atoms. The van der Waals surface area contributed by atoms with E-state index in [4.69, 9.17) is 11.6 Å². The zero-order valence-electron chi connectivity index (χ0n) is 10.5. The van der Waals surface area contributed by atoms with E-state index < -0.39 is 5.82 Å². The number of hydrogen-bond acceptors (Lipinski definition) is 2. The van der Waals surface area contributed by atoms with E-state index in [0.29, 0.717) is 11.6 Å². The Labute approximate surface area is 111 Å². The molecule has 0 aliphatic heterocycles. The van der Waals surface area contributed by atoms with Crippen LogP contribution in [0.2, 0.25) is 5.02 Å². The largest absolute Gasteiger partial charge is 0.325 e. The van der Waals surface area contributed by atoms with Gasteiger partial charge in [0.05, 0.1) is 10.7 Å². The van der Waals surface area contributed by atoms with Crippen molar-refractivity contribution in [2.45, 2.75) is 26.8 Å². The summed E-state index contributed by atoms with van der Waals surface area (Å²) < 4.78 is 15.3. The molecule has 3 nitrogen and oxygen atoms in total. The van der Waals surface area contributed by atoms with Gasteiger partial charge in [-0.2, -0.15) is 0 Å². The predicted octanol–water partition coefficient (Wildman–Crippen LogP) is 4.31. The Balaban J connectivity index is 2.30. The molecule has 1 aromatic carbocycles. The van der Waals surface area contributed by atoms with Crippen LogP contribution in [0.5, 0.6) is 0 Å². The van der Waals surface area contributed by atoms with Crippen molar-refractivity contribution in [1.29, 1.82) is 0 Å². The molecule has 2 rings (SSSR count). The minimum absolute atomic E-state index is 0.115. The first-order valence-electron chi connectivity index (χ1n) is 5.75. The van der Waals surface area contributed by atoms with Crippen LogP contribution in [0.15, 0.2) is 24.4 Å². The number of nitrogens with zero attached hydrogens (tertiary/aromatic N) is 2. The van der Waals surface area contributed by atoms with Gasteiger partial charge in [-0.05, 0) is 39.0 Å². The fraction of sp³-hybridized carbons (Fsp3) is 0.308. The second kappa shape index (κ2) is 4.98. The molecule has 0 bridgehead atoms. The number of aryl methyl sites for hydroxylation is 1. The molecule has 0 aliphatic rings. The molecule has 1 heterocycles. The SMILES string of the molecule is Cc1cn(C(C)C)c(Nc2ccc(Cl)c(F)c2)n1. The third-order valence-corrected chi connectivity index (χ3v) is 2.89. The normalized spacial score (nSPS) is 11.0. The van der Waals surface area contributed by atoms with Gasteiger partial charge in [-0.15, -0.1) is 0 Å². The lowest BCUT2D eigenvalue weighted by molar-refractivity contribution is 0.607. The van der Waals surface area contributed by atoms with E-state index in [1.807, 2.05) is 17.7 Å². The van der Waals surface area contributed by atoms with Crippen LogP contribution in [0.4, 0.5) is 16.0 Å². The summed E-state index contributed by atoms with van der Waals surface area (Å²) in [4.78, 5) is 4.38. The predicted molar refractivity (Wildman–Crippen MR) is 72.0 cm³/mol. The third-order valence-electron chi connectivity index (χ3n) is 2.58. The molecule has 96 valence electrons. The molecule has 1 aromatic heterocycles. The Bertz CT molecular complexity index is 563. The van der Waals surface area contributed by atoms with Crippen LogP contribution in [-0.4, -0.2) is 9.55 Å². The van der Waals surface area contributed by atoms with E-state index >= 15 is 0 Å². The number of halogens is 2. The van der Waals surface area contributed by atoms with Crippen molar-refractivity contribution >= 4 is 23.2 Å². The van der Waals surface area contributed by atoms with Crippen LogP contribution in [-0.2, 0) is 0 Å². The topological polar surface area (TPSA) is 29.9 Å². The van der Waals surface area contributed by atoms with Crippen LogP contribution in [0.1, 0.15) is 25.6 Å². The first kappa shape index (κ1) is 12.9. The Hall–Kier alpha value is -1.55. The molecule has 0 unspecified atom stereocenters. The second-order valence-electron chi connectivity index (χ2n) is 4.46. The van der Waals surface area contributed by atoms with Crippen molar-refractivity contribution in [2.75, 3.05) is 5.32 Å². The van der Waals surface area contributed by atoms with Crippen LogP contribution in [0, 0.1) is 12.7 Å². The van der Waals surface area contributed by atoms with Gasteiger partial charge in [0.25, 0.3) is 0 Å². The number of anilines is 2. The molecule has 5 heteroatoms. The lowest BCUT2D eigenvalue weighted by Crippen LogP contribution is -2.05. The molecule has 1 N–H and O–H groups in total. The van der Waals surface area contributed by atoms with Crippen molar-refractivity contribution in [2.24, 2.45) is 0 Å². The lowest BCUT2D eigenvalue weighted by Gasteiger charge is -2.12. The van der Waals surface area contributed by atoms with Gasteiger partial charge in [0.1, 0.15) is 5.82 Å². The van der Waals surface area contributed by atoms with Crippen molar-refractivity contribution in [3.05, 3.63) is 40.9 Å². The molecule has 0 aliphatic carbocycles. The highest BCUT2D eigenvalue weighted by Gasteiger charge is 2.09. The van der Waals surface area contributed by atoms with E-state index in [9.17, 15) is 4.39 Å². The maximum atomic E-state index is 13.3. The minimum Gasteiger partial charge on any atom is -0.325 e. The molecule has 0 spiro atoms. The summed E-state index contributed by atoms with van der Waals surface area (Å²) in [5.74, 6) is 0.255. The molecule has 0 atom stereocenters. The second-order valence-corrected chi connectivity index (χ2v) is 4.87. The highest BCUT2D eigenvalue weighted by Crippen LogP contribution is 2.23. The zero-order valence-corrected chi connectivity index (χ0v) is 11.3. The average Bonchev–Trinajstić information content (AvgIpc) is 2.65. The van der Waals surface area contributed by atoms with Crippen LogP contribution >= 0.6 is 11.6 Å². The van der Waals surface area contributed by atoms with Crippen molar-refractivity contribution in [3.8, 4) is 0 Å². The van der Waals surface area contributed by atoms with Gasteiger partial charge in [-0.1, -0.05) is 11.6 Å². The zero-order chi connectivity index (χ0) is 13.3. The van der Waals surface area contributed by atoms with E-state index in [-0.39, 0.29) is 11.1 Å². The molecule has 0 fully saturated rings. The number of hydrogen-bond donors (Lipinski definition) is 1. The highest BCUT2D eigenvalue weighted by molar-refractivity contribution is 6.30. The van der Waals surface area contributed by atoms with Crippen LogP contribution < -0.4 is 5.32 Å². The summed E-state index contributed by atoms with van der Waals surface area (Å²) in [6, 6.07) is 4.89. The van der Waals surface area contributed by atoms with Gasteiger partial charge in [-0.3, -0.25) is 0 Å². The Morgan fingerprint density at radius 1 is 1.39 bits per heavy atom. The molecule has 0 radical (unpaired) electrons. The maximum Gasteiger partial charge on any atom is 0.207 e. The lowest BCUT2D eigenvalue weighted by atomic mass is 10.3. The number of nitrogens with one attached hydrogen (secondary N) is 1. The number of imidazole rings is 1. The summed E-state index contributed by atoms with van der Waals surface area (Å²) in [5, 5.41) is 3.21. The highest BCUT2D eigenvalue weighted by atomic mass is 35.5. The average molecular weight is 268 g/mol. The van der Waals surface area contributed by atoms with Gasteiger partial charge in [0, 0.05) is 17.9 Å². The number of rotatable bonds is 3. The van der Waals surface area contributed by atoms with Crippen molar-refractivity contribution in [3.63, 3.8) is 0 Å². The summed E-state index contributed by atoms with van der Waals surface area (Å²) >= 11 is 5.65. The van der Waals surface area contributed by atoms with E-state index in [2.05, 4.69) is 24.1 Å². The summed E-state index contributed by atoms with van der Waals surface area (Å²) in [6.45, 7) is 6.05. The first-order valence-corrected chi connectivity index (χ1v) is 6.12. The molecular formula is C13H15ClFN3. The monoisotopic (exact) mass is 267 g/mol. The van der Waals surface area contributed by atoms with E-state index in [1.54, 1.807) is 6.07 Å². The van der Waals surface area contributed by atoms with Gasteiger partial charge >= 0.3 is 0 Å². The smallest absolute Gasteiger partial charge is 0.207 e. The quantitative estimate of drug-likeness (QED) is 0.898. The summed E-state index contributed by atoms with van der Waals surface area (Å²) in [6.07, 6.45) is 1.96. The first-order chi connectivity index (χ1) is 8.47.